The third-order valence-electron chi connectivity index (χ3n) is 2.52. The summed E-state index contributed by atoms with van der Waals surface area (Å²) in [6.45, 7) is 4.33. The molecule has 1 heterocycles. The van der Waals surface area contributed by atoms with E-state index in [1.807, 2.05) is 6.07 Å². The van der Waals surface area contributed by atoms with Crippen molar-refractivity contribution in [3.8, 4) is 0 Å². The van der Waals surface area contributed by atoms with E-state index >= 15 is 0 Å². The average molecular weight is 238 g/mol. The standard InChI is InChI=1S/C12H15FN2S/c1-8(2)11-7-16-12(15-11)14-10-5-3-4-9(13)6-10/h3-6,8,11H,7H2,1-2H3,(H,14,15)/t11-/m1/s1. The number of hydrogen-bond donors (Lipinski definition) is 1. The molecule has 0 aliphatic carbocycles. The lowest BCUT2D eigenvalue weighted by molar-refractivity contribution is 0.543. The number of hydrogen-bond acceptors (Lipinski definition) is 3. The number of amidine groups is 1. The topological polar surface area (TPSA) is 24.4 Å². The van der Waals surface area contributed by atoms with E-state index in [1.54, 1.807) is 17.8 Å². The molecule has 2 nitrogen and oxygen atoms in total. The molecule has 1 N–H and O–H groups in total. The maximum absolute atomic E-state index is 13.0. The number of aliphatic imine (C=N–C) groups is 1. The van der Waals surface area contributed by atoms with Crippen molar-refractivity contribution in [1.29, 1.82) is 0 Å². The minimum absolute atomic E-state index is 0.228. The van der Waals surface area contributed by atoms with Crippen LogP contribution < -0.4 is 5.32 Å². The molecule has 0 saturated heterocycles. The predicted molar refractivity (Wildman–Crippen MR) is 68.5 cm³/mol. The van der Waals surface area contributed by atoms with E-state index < -0.39 is 0 Å². The first-order chi connectivity index (χ1) is 7.65. The number of rotatable bonds is 2. The van der Waals surface area contributed by atoms with Crippen molar-refractivity contribution in [2.45, 2.75) is 19.9 Å². The normalized spacial score (nSPS) is 20.0. The first-order valence-corrected chi connectivity index (χ1v) is 6.37. The van der Waals surface area contributed by atoms with E-state index in [-0.39, 0.29) is 5.82 Å². The highest BCUT2D eigenvalue weighted by Gasteiger charge is 2.20. The monoisotopic (exact) mass is 238 g/mol. The number of halogens is 1. The Balaban J connectivity index is 2.03. The molecular formula is C12H15FN2S. The second kappa shape index (κ2) is 4.87. The number of nitrogens with zero attached hydrogens (tertiary/aromatic N) is 1. The Kier molecular flexibility index (Phi) is 3.49. The second-order valence-corrected chi connectivity index (χ2v) is 5.20. The van der Waals surface area contributed by atoms with Gasteiger partial charge in [0.15, 0.2) is 5.17 Å². The van der Waals surface area contributed by atoms with Crippen LogP contribution in [-0.4, -0.2) is 17.0 Å². The van der Waals surface area contributed by atoms with E-state index in [2.05, 4.69) is 24.2 Å². The quantitative estimate of drug-likeness (QED) is 0.854. The summed E-state index contributed by atoms with van der Waals surface area (Å²) in [6, 6.07) is 6.82. The molecule has 0 saturated carbocycles. The van der Waals surface area contributed by atoms with Gasteiger partial charge in [0.2, 0.25) is 0 Å². The molecule has 16 heavy (non-hydrogen) atoms. The summed E-state index contributed by atoms with van der Waals surface area (Å²) < 4.78 is 13.0. The molecule has 2 rings (SSSR count). The zero-order chi connectivity index (χ0) is 11.5. The van der Waals surface area contributed by atoms with Gasteiger partial charge in [0.05, 0.1) is 6.04 Å². The third-order valence-corrected chi connectivity index (χ3v) is 3.51. The molecule has 86 valence electrons. The predicted octanol–water partition coefficient (Wildman–Crippen LogP) is 3.37. The first-order valence-electron chi connectivity index (χ1n) is 5.38. The molecular weight excluding hydrogens is 223 g/mol. The number of anilines is 1. The fourth-order valence-corrected chi connectivity index (χ4v) is 2.68. The van der Waals surface area contributed by atoms with E-state index in [0.29, 0.717) is 12.0 Å². The summed E-state index contributed by atoms with van der Waals surface area (Å²) in [7, 11) is 0. The average Bonchev–Trinajstić information content (AvgIpc) is 2.66. The van der Waals surface area contributed by atoms with Crippen molar-refractivity contribution in [3.63, 3.8) is 0 Å². The molecule has 0 bridgehead atoms. The van der Waals surface area contributed by atoms with Crippen LogP contribution in [0.15, 0.2) is 29.3 Å². The lowest BCUT2D eigenvalue weighted by Crippen LogP contribution is -2.12. The van der Waals surface area contributed by atoms with Gasteiger partial charge in [-0.1, -0.05) is 31.7 Å². The summed E-state index contributed by atoms with van der Waals surface area (Å²) in [4.78, 5) is 4.56. The molecule has 1 atom stereocenters. The number of benzene rings is 1. The molecule has 1 aliphatic rings. The van der Waals surface area contributed by atoms with Crippen molar-refractivity contribution in [2.24, 2.45) is 10.9 Å². The van der Waals surface area contributed by atoms with Gasteiger partial charge in [0, 0.05) is 11.4 Å². The highest BCUT2D eigenvalue weighted by molar-refractivity contribution is 8.14. The molecule has 4 heteroatoms. The van der Waals surface area contributed by atoms with Gasteiger partial charge in [-0.25, -0.2) is 4.39 Å². The number of nitrogens with one attached hydrogen (secondary N) is 1. The SMILES string of the molecule is CC(C)[C@H]1CSC(Nc2cccc(F)c2)=N1. The highest BCUT2D eigenvalue weighted by atomic mass is 32.2. The fraction of sp³-hybridized carbons (Fsp3) is 0.417. The Morgan fingerprint density at radius 1 is 1.50 bits per heavy atom. The molecule has 0 spiro atoms. The molecule has 1 aromatic carbocycles. The third kappa shape index (κ3) is 2.76. The fourth-order valence-electron chi connectivity index (χ4n) is 1.49. The summed E-state index contributed by atoms with van der Waals surface area (Å²) in [6.07, 6.45) is 0. The van der Waals surface area contributed by atoms with Gasteiger partial charge < -0.3 is 5.32 Å². The molecule has 0 aromatic heterocycles. The van der Waals surface area contributed by atoms with Crippen LogP contribution in [-0.2, 0) is 0 Å². The van der Waals surface area contributed by atoms with E-state index in [1.165, 1.54) is 12.1 Å². The molecule has 0 fully saturated rings. The lowest BCUT2D eigenvalue weighted by Gasteiger charge is -2.08. The summed E-state index contributed by atoms with van der Waals surface area (Å²) in [5, 5.41) is 4.03. The Bertz CT molecular complexity index is 404. The zero-order valence-electron chi connectivity index (χ0n) is 9.40. The molecule has 0 unspecified atom stereocenters. The maximum Gasteiger partial charge on any atom is 0.161 e. The van der Waals surface area contributed by atoms with Crippen LogP contribution >= 0.6 is 11.8 Å². The van der Waals surface area contributed by atoms with Crippen LogP contribution in [0.1, 0.15) is 13.8 Å². The van der Waals surface area contributed by atoms with Crippen molar-refractivity contribution in [1.82, 2.24) is 0 Å². The Morgan fingerprint density at radius 2 is 2.31 bits per heavy atom. The Labute approximate surface area is 99.3 Å². The van der Waals surface area contributed by atoms with Gasteiger partial charge in [0.1, 0.15) is 5.82 Å². The summed E-state index contributed by atoms with van der Waals surface area (Å²) >= 11 is 1.70. The van der Waals surface area contributed by atoms with Crippen LogP contribution in [0, 0.1) is 11.7 Å². The highest BCUT2D eigenvalue weighted by Crippen LogP contribution is 2.24. The van der Waals surface area contributed by atoms with Crippen LogP contribution in [0.5, 0.6) is 0 Å². The largest absolute Gasteiger partial charge is 0.335 e. The second-order valence-electron chi connectivity index (χ2n) is 4.19. The van der Waals surface area contributed by atoms with Gasteiger partial charge >= 0.3 is 0 Å². The molecule has 1 aromatic rings. The number of thioether (sulfide) groups is 1. The Hall–Kier alpha value is -1.03. The summed E-state index contributed by atoms with van der Waals surface area (Å²) in [5.74, 6) is 1.34. The summed E-state index contributed by atoms with van der Waals surface area (Å²) in [5.41, 5.74) is 0.760. The molecule has 0 amide bonds. The smallest absolute Gasteiger partial charge is 0.161 e. The van der Waals surface area contributed by atoms with E-state index in [4.69, 9.17) is 0 Å². The van der Waals surface area contributed by atoms with Crippen molar-refractivity contribution in [3.05, 3.63) is 30.1 Å². The first kappa shape index (κ1) is 11.5. The van der Waals surface area contributed by atoms with Crippen molar-refractivity contribution < 1.29 is 4.39 Å². The van der Waals surface area contributed by atoms with Crippen LogP contribution in [0.25, 0.3) is 0 Å². The van der Waals surface area contributed by atoms with Gasteiger partial charge in [-0.05, 0) is 24.1 Å². The minimum Gasteiger partial charge on any atom is -0.335 e. The van der Waals surface area contributed by atoms with Crippen LogP contribution in [0.4, 0.5) is 10.1 Å². The van der Waals surface area contributed by atoms with E-state index in [9.17, 15) is 4.39 Å². The molecule has 0 radical (unpaired) electrons. The van der Waals surface area contributed by atoms with Crippen molar-refractivity contribution >= 4 is 22.6 Å². The minimum atomic E-state index is -0.228. The zero-order valence-corrected chi connectivity index (χ0v) is 10.2. The van der Waals surface area contributed by atoms with Crippen LogP contribution in [0.3, 0.4) is 0 Å². The van der Waals surface area contributed by atoms with Gasteiger partial charge in [0.25, 0.3) is 0 Å². The molecule has 1 aliphatic heterocycles. The van der Waals surface area contributed by atoms with Gasteiger partial charge in [-0.3, -0.25) is 4.99 Å². The Morgan fingerprint density at radius 3 is 2.94 bits per heavy atom. The maximum atomic E-state index is 13.0. The van der Waals surface area contributed by atoms with Crippen LogP contribution in [0.2, 0.25) is 0 Å². The van der Waals surface area contributed by atoms with E-state index in [0.717, 1.165) is 16.6 Å². The van der Waals surface area contributed by atoms with Crippen molar-refractivity contribution in [2.75, 3.05) is 11.1 Å². The lowest BCUT2D eigenvalue weighted by atomic mass is 10.1. The van der Waals surface area contributed by atoms with Gasteiger partial charge in [-0.15, -0.1) is 0 Å². The van der Waals surface area contributed by atoms with Gasteiger partial charge in [-0.2, -0.15) is 0 Å².